The smallest absolute Gasteiger partial charge is 0.165 e. The van der Waals surface area contributed by atoms with Crippen LogP contribution in [0.3, 0.4) is 0 Å². The second-order valence-electron chi connectivity index (χ2n) is 4.60. The molecule has 1 aliphatic heterocycles. The number of ether oxygens (including phenoxy) is 1. The molecule has 1 saturated heterocycles. The number of nitrogens with zero attached hydrogens (tertiary/aromatic N) is 1. The van der Waals surface area contributed by atoms with Crippen molar-refractivity contribution in [2.75, 3.05) is 26.7 Å². The number of Topliss-reactive ketones (excluding diaryl/α,β-unsaturated/α-hetero) is 1. The molecule has 0 aliphatic carbocycles. The van der Waals surface area contributed by atoms with Crippen LogP contribution in [-0.2, 0) is 11.2 Å². The molecule has 0 saturated carbocycles. The van der Waals surface area contributed by atoms with Gasteiger partial charge in [-0.05, 0) is 24.1 Å². The minimum absolute atomic E-state index is 0.280. The first-order chi connectivity index (χ1) is 8.69. The van der Waals surface area contributed by atoms with Gasteiger partial charge in [0.2, 0.25) is 0 Å². The summed E-state index contributed by atoms with van der Waals surface area (Å²) in [4.78, 5) is 13.4. The van der Waals surface area contributed by atoms with Gasteiger partial charge >= 0.3 is 0 Å². The topological polar surface area (TPSA) is 29.5 Å². The van der Waals surface area contributed by atoms with Gasteiger partial charge in [-0.25, -0.2) is 4.39 Å². The summed E-state index contributed by atoms with van der Waals surface area (Å²) in [6.45, 7) is 2.54. The Kier molecular flexibility index (Phi) is 4.31. The number of ketones is 1. The van der Waals surface area contributed by atoms with Crippen molar-refractivity contribution in [3.63, 3.8) is 0 Å². The van der Waals surface area contributed by atoms with E-state index in [0.29, 0.717) is 18.6 Å². The van der Waals surface area contributed by atoms with Crippen LogP contribution in [0.15, 0.2) is 18.2 Å². The van der Waals surface area contributed by atoms with E-state index in [1.807, 2.05) is 6.07 Å². The molecule has 1 heterocycles. The highest BCUT2D eigenvalue weighted by molar-refractivity contribution is 5.79. The van der Waals surface area contributed by atoms with E-state index in [2.05, 4.69) is 4.90 Å². The summed E-state index contributed by atoms with van der Waals surface area (Å²) in [5, 5.41) is 0. The monoisotopic (exact) mass is 251 g/mol. The molecule has 0 radical (unpaired) electrons. The summed E-state index contributed by atoms with van der Waals surface area (Å²) in [5.74, 6) is 0.313. The van der Waals surface area contributed by atoms with Crippen LogP contribution in [0, 0.1) is 5.82 Å². The van der Waals surface area contributed by atoms with Gasteiger partial charge in [-0.15, -0.1) is 0 Å². The van der Waals surface area contributed by atoms with E-state index in [1.54, 1.807) is 6.07 Å². The number of carbonyl (C=O) groups excluding carboxylic acids is 1. The summed E-state index contributed by atoms with van der Waals surface area (Å²) in [6.07, 6.45) is 2.10. The molecule has 0 amide bonds. The van der Waals surface area contributed by atoms with Crippen LogP contribution in [0.5, 0.6) is 5.75 Å². The second-order valence-corrected chi connectivity index (χ2v) is 4.60. The second kappa shape index (κ2) is 5.96. The molecule has 3 nitrogen and oxygen atoms in total. The zero-order chi connectivity index (χ0) is 13.0. The largest absolute Gasteiger partial charge is 0.494 e. The molecule has 1 aromatic carbocycles. The minimum atomic E-state index is -0.316. The molecule has 0 N–H and O–H groups in total. The number of hydrogen-bond donors (Lipinski definition) is 0. The van der Waals surface area contributed by atoms with Crippen molar-refractivity contribution in [3.8, 4) is 5.75 Å². The van der Waals surface area contributed by atoms with Crippen LogP contribution >= 0.6 is 0 Å². The third-order valence-corrected chi connectivity index (χ3v) is 3.35. The minimum Gasteiger partial charge on any atom is -0.494 e. The van der Waals surface area contributed by atoms with E-state index in [-0.39, 0.29) is 11.6 Å². The number of halogens is 1. The predicted molar refractivity (Wildman–Crippen MR) is 67.3 cm³/mol. The van der Waals surface area contributed by atoms with Gasteiger partial charge < -0.3 is 9.64 Å². The Morgan fingerprint density at radius 2 is 2.06 bits per heavy atom. The number of rotatable bonds is 4. The van der Waals surface area contributed by atoms with Crippen LogP contribution in [0.25, 0.3) is 0 Å². The van der Waals surface area contributed by atoms with Crippen molar-refractivity contribution < 1.29 is 13.9 Å². The molecule has 1 aromatic rings. The van der Waals surface area contributed by atoms with Gasteiger partial charge in [0.05, 0.1) is 7.11 Å². The Labute approximate surface area is 107 Å². The Morgan fingerprint density at radius 3 is 2.67 bits per heavy atom. The Morgan fingerprint density at radius 1 is 1.33 bits per heavy atom. The highest BCUT2D eigenvalue weighted by Crippen LogP contribution is 2.18. The van der Waals surface area contributed by atoms with E-state index in [4.69, 9.17) is 4.74 Å². The standard InChI is InChI=1S/C14H18FNO2/c1-18-14-3-2-11(10-13(14)15)4-7-16-8-5-12(17)6-9-16/h2-3,10H,4-9H2,1H3. The lowest BCUT2D eigenvalue weighted by Gasteiger charge is -2.25. The molecular formula is C14H18FNO2. The van der Waals surface area contributed by atoms with Gasteiger partial charge in [-0.2, -0.15) is 0 Å². The maximum absolute atomic E-state index is 13.5. The summed E-state index contributed by atoms with van der Waals surface area (Å²) in [5.41, 5.74) is 0.963. The number of carbonyl (C=O) groups is 1. The maximum atomic E-state index is 13.5. The number of benzene rings is 1. The van der Waals surface area contributed by atoms with Crippen molar-refractivity contribution in [2.45, 2.75) is 19.3 Å². The summed E-state index contributed by atoms with van der Waals surface area (Å²) >= 11 is 0. The van der Waals surface area contributed by atoms with E-state index in [9.17, 15) is 9.18 Å². The van der Waals surface area contributed by atoms with E-state index < -0.39 is 0 Å². The molecule has 1 fully saturated rings. The number of likely N-dealkylation sites (tertiary alicyclic amines) is 1. The van der Waals surface area contributed by atoms with E-state index in [0.717, 1.165) is 31.6 Å². The van der Waals surface area contributed by atoms with Crippen molar-refractivity contribution in [1.82, 2.24) is 4.90 Å². The number of piperidine rings is 1. The number of methoxy groups -OCH3 is 1. The molecule has 98 valence electrons. The first-order valence-corrected chi connectivity index (χ1v) is 6.25. The molecule has 1 aliphatic rings. The fourth-order valence-electron chi connectivity index (χ4n) is 2.18. The normalized spacial score (nSPS) is 16.9. The third kappa shape index (κ3) is 3.29. The van der Waals surface area contributed by atoms with Gasteiger partial charge in [-0.1, -0.05) is 6.07 Å². The van der Waals surface area contributed by atoms with Crippen LogP contribution in [0.4, 0.5) is 4.39 Å². The Balaban J connectivity index is 1.86. The molecule has 0 atom stereocenters. The highest BCUT2D eigenvalue weighted by atomic mass is 19.1. The zero-order valence-electron chi connectivity index (χ0n) is 10.6. The average Bonchev–Trinajstić information content (AvgIpc) is 2.38. The molecule has 0 bridgehead atoms. The van der Waals surface area contributed by atoms with Crippen molar-refractivity contribution in [1.29, 1.82) is 0 Å². The van der Waals surface area contributed by atoms with Crippen molar-refractivity contribution in [3.05, 3.63) is 29.6 Å². The number of hydrogen-bond acceptors (Lipinski definition) is 3. The zero-order valence-corrected chi connectivity index (χ0v) is 10.6. The maximum Gasteiger partial charge on any atom is 0.165 e. The Bertz CT molecular complexity index is 424. The van der Waals surface area contributed by atoms with Crippen molar-refractivity contribution in [2.24, 2.45) is 0 Å². The first kappa shape index (κ1) is 13.0. The molecule has 18 heavy (non-hydrogen) atoms. The molecule has 2 rings (SSSR count). The lowest BCUT2D eigenvalue weighted by Crippen LogP contribution is -2.35. The Hall–Kier alpha value is -1.42. The van der Waals surface area contributed by atoms with Crippen LogP contribution in [0.2, 0.25) is 0 Å². The lowest BCUT2D eigenvalue weighted by molar-refractivity contribution is -0.121. The van der Waals surface area contributed by atoms with Gasteiger partial charge in [0.25, 0.3) is 0 Å². The van der Waals surface area contributed by atoms with Crippen LogP contribution in [0.1, 0.15) is 18.4 Å². The molecular weight excluding hydrogens is 233 g/mol. The fraction of sp³-hybridized carbons (Fsp3) is 0.500. The summed E-state index contributed by atoms with van der Waals surface area (Å²) in [7, 11) is 1.46. The van der Waals surface area contributed by atoms with Gasteiger partial charge in [-0.3, -0.25) is 4.79 Å². The lowest BCUT2D eigenvalue weighted by atomic mass is 10.1. The van der Waals surface area contributed by atoms with E-state index in [1.165, 1.54) is 13.2 Å². The van der Waals surface area contributed by atoms with Crippen molar-refractivity contribution >= 4 is 5.78 Å². The summed E-state index contributed by atoms with van der Waals surface area (Å²) in [6, 6.07) is 5.06. The van der Waals surface area contributed by atoms with Gasteiger partial charge in [0.15, 0.2) is 11.6 Å². The van der Waals surface area contributed by atoms with Crippen LogP contribution < -0.4 is 4.74 Å². The first-order valence-electron chi connectivity index (χ1n) is 6.25. The SMILES string of the molecule is COc1ccc(CCN2CCC(=O)CC2)cc1F. The third-order valence-electron chi connectivity index (χ3n) is 3.35. The quantitative estimate of drug-likeness (QED) is 0.820. The molecule has 0 unspecified atom stereocenters. The summed E-state index contributed by atoms with van der Waals surface area (Å²) < 4.78 is 18.4. The van der Waals surface area contributed by atoms with Gasteiger partial charge in [0.1, 0.15) is 5.78 Å². The molecule has 4 heteroatoms. The average molecular weight is 251 g/mol. The fourth-order valence-corrected chi connectivity index (χ4v) is 2.18. The molecule has 0 aromatic heterocycles. The van der Waals surface area contributed by atoms with E-state index >= 15 is 0 Å². The highest BCUT2D eigenvalue weighted by Gasteiger charge is 2.15. The van der Waals surface area contributed by atoms with Crippen LogP contribution in [-0.4, -0.2) is 37.4 Å². The van der Waals surface area contributed by atoms with Gasteiger partial charge in [0, 0.05) is 32.5 Å². The molecule has 0 spiro atoms. The predicted octanol–water partition coefficient (Wildman–Crippen LogP) is 2.04.